The molecule has 7 heteroatoms. The first-order valence-electron chi connectivity index (χ1n) is 6.73. The summed E-state index contributed by atoms with van der Waals surface area (Å²) in [5, 5.41) is 8.96. The van der Waals surface area contributed by atoms with Crippen LogP contribution in [0.2, 0.25) is 0 Å². The largest absolute Gasteiger partial charge is 0.481 e. The first-order valence-corrected chi connectivity index (χ1v) is 6.73. The van der Waals surface area contributed by atoms with Crippen molar-refractivity contribution in [3.05, 3.63) is 23.9 Å². The van der Waals surface area contributed by atoms with Gasteiger partial charge in [0.25, 0.3) is 5.91 Å². The van der Waals surface area contributed by atoms with Crippen LogP contribution in [0, 0.1) is 0 Å². The van der Waals surface area contributed by atoms with Gasteiger partial charge in [-0.05, 0) is 12.1 Å². The van der Waals surface area contributed by atoms with Crippen LogP contribution in [0.25, 0.3) is 0 Å². The molecule has 1 saturated heterocycles. The Labute approximate surface area is 123 Å². The third-order valence-corrected chi connectivity index (χ3v) is 3.33. The van der Waals surface area contributed by atoms with E-state index in [-0.39, 0.29) is 18.4 Å². The summed E-state index contributed by atoms with van der Waals surface area (Å²) < 4.78 is 5.33. The van der Waals surface area contributed by atoms with E-state index < -0.39 is 5.97 Å². The average molecular weight is 293 g/mol. The summed E-state index contributed by atoms with van der Waals surface area (Å²) in [4.78, 5) is 30.4. The van der Waals surface area contributed by atoms with Crippen molar-refractivity contribution in [1.29, 1.82) is 0 Å². The van der Waals surface area contributed by atoms with E-state index in [1.54, 1.807) is 26.2 Å². The first-order chi connectivity index (χ1) is 9.99. The molecule has 114 valence electrons. The number of hydrogen-bond acceptors (Lipinski definition) is 5. The summed E-state index contributed by atoms with van der Waals surface area (Å²) in [5.74, 6) is -0.312. The van der Waals surface area contributed by atoms with Crippen LogP contribution < -0.4 is 4.90 Å². The zero-order valence-electron chi connectivity index (χ0n) is 12.2. The monoisotopic (exact) mass is 293 g/mol. The molecule has 1 aromatic rings. The molecular formula is C14H19N3O4. The van der Waals surface area contributed by atoms with Crippen LogP contribution in [-0.4, -0.2) is 66.8 Å². The van der Waals surface area contributed by atoms with Gasteiger partial charge in [-0.2, -0.15) is 0 Å². The minimum Gasteiger partial charge on any atom is -0.481 e. The summed E-state index contributed by atoms with van der Waals surface area (Å²) in [5.41, 5.74) is 0.506. The number of ether oxygens (including phenoxy) is 1. The smallest absolute Gasteiger partial charge is 0.305 e. The normalized spacial score (nSPS) is 18.4. The average Bonchev–Trinajstić information content (AvgIpc) is 2.46. The van der Waals surface area contributed by atoms with Gasteiger partial charge in [-0.1, -0.05) is 0 Å². The topological polar surface area (TPSA) is 83.0 Å². The Balaban J connectivity index is 2.15. The number of anilines is 1. The molecule has 0 aromatic carbocycles. The molecular weight excluding hydrogens is 274 g/mol. The van der Waals surface area contributed by atoms with E-state index in [9.17, 15) is 9.59 Å². The molecule has 1 atom stereocenters. The van der Waals surface area contributed by atoms with E-state index in [1.165, 1.54) is 11.1 Å². The minimum atomic E-state index is -0.866. The highest BCUT2D eigenvalue weighted by atomic mass is 16.5. The van der Waals surface area contributed by atoms with Crippen LogP contribution in [0.1, 0.15) is 16.8 Å². The molecule has 7 nitrogen and oxygen atoms in total. The third-order valence-electron chi connectivity index (χ3n) is 3.33. The Bertz CT molecular complexity index is 515. The molecule has 1 aliphatic heterocycles. The number of morpholine rings is 1. The number of carboxylic acids is 1. The summed E-state index contributed by atoms with van der Waals surface area (Å²) in [7, 11) is 3.36. The zero-order valence-corrected chi connectivity index (χ0v) is 12.2. The number of nitrogens with zero attached hydrogens (tertiary/aromatic N) is 3. The molecule has 2 rings (SSSR count). The first kappa shape index (κ1) is 15.2. The van der Waals surface area contributed by atoms with Crippen molar-refractivity contribution in [2.75, 3.05) is 38.8 Å². The number of carboxylic acid groups (broad SMARTS) is 1. The lowest BCUT2D eigenvalue weighted by Gasteiger charge is -2.35. The van der Waals surface area contributed by atoms with Gasteiger partial charge in [-0.3, -0.25) is 9.59 Å². The Kier molecular flexibility index (Phi) is 4.74. The quantitative estimate of drug-likeness (QED) is 0.868. The number of carbonyl (C=O) groups excluding carboxylic acids is 1. The highest BCUT2D eigenvalue weighted by molar-refractivity contribution is 5.93. The van der Waals surface area contributed by atoms with Crippen molar-refractivity contribution in [1.82, 2.24) is 9.88 Å². The molecule has 0 radical (unpaired) electrons. The van der Waals surface area contributed by atoms with Crippen molar-refractivity contribution in [2.45, 2.75) is 12.5 Å². The molecule has 0 saturated carbocycles. The standard InChI is InChI=1S/C14H19N3O4/c1-16(2)14(20)10-3-4-12(15-8-10)17-5-6-21-9-11(17)7-13(18)19/h3-4,8,11H,5-7,9H2,1-2H3,(H,18,19). The molecule has 1 N–H and O–H groups in total. The molecule has 0 spiro atoms. The van der Waals surface area contributed by atoms with Gasteiger partial charge in [0, 0.05) is 26.8 Å². The van der Waals surface area contributed by atoms with E-state index in [2.05, 4.69) is 4.98 Å². The Hall–Kier alpha value is -2.15. The number of carbonyl (C=O) groups is 2. The lowest BCUT2D eigenvalue weighted by molar-refractivity contribution is -0.138. The summed E-state index contributed by atoms with van der Waals surface area (Å²) in [6, 6.07) is 3.22. The number of rotatable bonds is 4. The molecule has 21 heavy (non-hydrogen) atoms. The number of pyridine rings is 1. The summed E-state index contributed by atoms with van der Waals surface area (Å²) in [6.07, 6.45) is 1.52. The number of aliphatic carboxylic acids is 1. The van der Waals surface area contributed by atoms with Gasteiger partial charge in [0.05, 0.1) is 31.2 Å². The maximum atomic E-state index is 11.8. The molecule has 1 amide bonds. The van der Waals surface area contributed by atoms with E-state index >= 15 is 0 Å². The van der Waals surface area contributed by atoms with E-state index in [1.807, 2.05) is 4.90 Å². The van der Waals surface area contributed by atoms with Crippen molar-refractivity contribution < 1.29 is 19.4 Å². The Morgan fingerprint density at radius 2 is 2.24 bits per heavy atom. The van der Waals surface area contributed by atoms with Crippen molar-refractivity contribution in [3.8, 4) is 0 Å². The molecule has 1 unspecified atom stereocenters. The Morgan fingerprint density at radius 3 is 2.81 bits per heavy atom. The van der Waals surface area contributed by atoms with E-state index in [0.717, 1.165) is 0 Å². The predicted molar refractivity (Wildman–Crippen MR) is 76.5 cm³/mol. The second-order valence-electron chi connectivity index (χ2n) is 5.12. The van der Waals surface area contributed by atoms with Gasteiger partial charge in [-0.15, -0.1) is 0 Å². The lowest BCUT2D eigenvalue weighted by Crippen LogP contribution is -2.47. The summed E-state index contributed by atoms with van der Waals surface area (Å²) >= 11 is 0. The van der Waals surface area contributed by atoms with Crippen LogP contribution in [0.5, 0.6) is 0 Å². The van der Waals surface area contributed by atoms with Crippen molar-refractivity contribution in [3.63, 3.8) is 0 Å². The summed E-state index contributed by atoms with van der Waals surface area (Å²) in [6.45, 7) is 1.49. The van der Waals surface area contributed by atoms with Crippen molar-refractivity contribution in [2.24, 2.45) is 0 Å². The molecule has 1 aromatic heterocycles. The van der Waals surface area contributed by atoms with Gasteiger partial charge >= 0.3 is 5.97 Å². The molecule has 1 fully saturated rings. The highest BCUT2D eigenvalue weighted by Gasteiger charge is 2.26. The fraction of sp³-hybridized carbons (Fsp3) is 0.500. The van der Waals surface area contributed by atoms with Gasteiger partial charge in [-0.25, -0.2) is 4.98 Å². The van der Waals surface area contributed by atoms with Crippen LogP contribution >= 0.6 is 0 Å². The highest BCUT2D eigenvalue weighted by Crippen LogP contribution is 2.19. The van der Waals surface area contributed by atoms with Gasteiger partial charge in [0.2, 0.25) is 0 Å². The maximum Gasteiger partial charge on any atom is 0.305 e. The predicted octanol–water partition coefficient (Wildman–Crippen LogP) is 0.463. The van der Waals surface area contributed by atoms with Gasteiger partial charge in [0.1, 0.15) is 5.82 Å². The second kappa shape index (κ2) is 6.53. The third kappa shape index (κ3) is 3.69. The van der Waals surface area contributed by atoms with Crippen LogP contribution in [0.3, 0.4) is 0 Å². The second-order valence-corrected chi connectivity index (χ2v) is 5.12. The molecule has 0 aliphatic carbocycles. The number of aromatic nitrogens is 1. The number of hydrogen-bond donors (Lipinski definition) is 1. The fourth-order valence-corrected chi connectivity index (χ4v) is 2.27. The van der Waals surface area contributed by atoms with Gasteiger partial charge < -0.3 is 19.6 Å². The van der Waals surface area contributed by atoms with Crippen LogP contribution in [0.4, 0.5) is 5.82 Å². The fourth-order valence-electron chi connectivity index (χ4n) is 2.27. The Morgan fingerprint density at radius 1 is 1.48 bits per heavy atom. The molecule has 2 heterocycles. The SMILES string of the molecule is CN(C)C(=O)c1ccc(N2CCOCC2CC(=O)O)nc1. The number of amides is 1. The van der Waals surface area contributed by atoms with Crippen LogP contribution in [0.15, 0.2) is 18.3 Å². The van der Waals surface area contributed by atoms with Crippen LogP contribution in [-0.2, 0) is 9.53 Å². The zero-order chi connectivity index (χ0) is 15.4. The van der Waals surface area contributed by atoms with E-state index in [4.69, 9.17) is 9.84 Å². The molecule has 1 aliphatic rings. The lowest BCUT2D eigenvalue weighted by atomic mass is 10.1. The minimum absolute atomic E-state index is 0.0000593. The molecule has 0 bridgehead atoms. The van der Waals surface area contributed by atoms with E-state index in [0.29, 0.717) is 31.1 Å². The van der Waals surface area contributed by atoms with Gasteiger partial charge in [0.15, 0.2) is 0 Å². The maximum absolute atomic E-state index is 11.8. The van der Waals surface area contributed by atoms with Crippen molar-refractivity contribution >= 4 is 17.7 Å².